The van der Waals surface area contributed by atoms with E-state index in [0.717, 1.165) is 0 Å². The van der Waals surface area contributed by atoms with Crippen molar-refractivity contribution >= 4 is 50.4 Å². The molecule has 0 radical (unpaired) electrons. The van der Waals surface area contributed by atoms with E-state index in [4.69, 9.17) is 23.2 Å². The summed E-state index contributed by atoms with van der Waals surface area (Å²) in [5.74, 6) is -2.51. The number of carbonyl (C=O) groups is 2. The van der Waals surface area contributed by atoms with Gasteiger partial charge in [0.15, 0.2) is 15.1 Å². The molecule has 1 N–H and O–H groups in total. The molecule has 3 rings (SSSR count). The molecular formula is C22H17Cl2NO4S. The molecular weight excluding hydrogens is 445 g/mol. The summed E-state index contributed by atoms with van der Waals surface area (Å²) >= 11 is 11.8. The summed E-state index contributed by atoms with van der Waals surface area (Å²) in [6.07, 6.45) is 0. The minimum Gasteiger partial charge on any atom is -0.319 e. The number of benzene rings is 3. The van der Waals surface area contributed by atoms with Gasteiger partial charge in [-0.3, -0.25) is 9.59 Å². The summed E-state index contributed by atoms with van der Waals surface area (Å²) < 4.78 is 26.3. The van der Waals surface area contributed by atoms with Crippen molar-refractivity contribution in [2.75, 3.05) is 5.32 Å². The lowest BCUT2D eigenvalue weighted by Gasteiger charge is -2.17. The third-order valence-electron chi connectivity index (χ3n) is 4.31. The van der Waals surface area contributed by atoms with Crippen molar-refractivity contribution in [1.29, 1.82) is 0 Å². The van der Waals surface area contributed by atoms with Crippen LogP contribution in [-0.4, -0.2) is 20.1 Å². The largest absolute Gasteiger partial charge is 0.319 e. The molecule has 1 amide bonds. The maximum atomic E-state index is 13.2. The topological polar surface area (TPSA) is 80.3 Å². The zero-order valence-electron chi connectivity index (χ0n) is 15.6. The van der Waals surface area contributed by atoms with Crippen LogP contribution in [0.15, 0.2) is 78.9 Å². The minimum absolute atomic E-state index is 0.193. The van der Waals surface area contributed by atoms with E-state index in [1.165, 1.54) is 30.3 Å². The molecule has 30 heavy (non-hydrogen) atoms. The fraction of sp³-hybridized carbons (Fsp3) is 0.0909. The van der Waals surface area contributed by atoms with Crippen LogP contribution in [0, 0.1) is 0 Å². The van der Waals surface area contributed by atoms with Crippen LogP contribution in [-0.2, 0) is 25.2 Å². The minimum atomic E-state index is -4.04. The summed E-state index contributed by atoms with van der Waals surface area (Å²) in [6.45, 7) is 0. The van der Waals surface area contributed by atoms with Gasteiger partial charge in [0.1, 0.15) is 0 Å². The van der Waals surface area contributed by atoms with E-state index in [0.29, 0.717) is 5.56 Å². The molecule has 0 bridgehead atoms. The van der Waals surface area contributed by atoms with Crippen LogP contribution in [0.1, 0.15) is 16.4 Å². The molecule has 3 aromatic carbocycles. The van der Waals surface area contributed by atoms with Crippen molar-refractivity contribution in [3.05, 3.63) is 100 Å². The van der Waals surface area contributed by atoms with Gasteiger partial charge in [-0.15, -0.1) is 0 Å². The Morgan fingerprint density at radius 1 is 0.833 bits per heavy atom. The fourth-order valence-corrected chi connectivity index (χ4v) is 5.05. The van der Waals surface area contributed by atoms with Crippen molar-refractivity contribution in [3.8, 4) is 0 Å². The molecule has 0 saturated heterocycles. The Labute approximate surface area is 184 Å². The van der Waals surface area contributed by atoms with Crippen LogP contribution in [0.4, 0.5) is 5.69 Å². The molecule has 0 aromatic heterocycles. The third kappa shape index (κ3) is 5.27. The Hall–Kier alpha value is -2.67. The van der Waals surface area contributed by atoms with E-state index in [2.05, 4.69) is 5.32 Å². The molecule has 0 spiro atoms. The Morgan fingerprint density at radius 2 is 1.43 bits per heavy atom. The van der Waals surface area contributed by atoms with Crippen molar-refractivity contribution in [2.45, 2.75) is 11.0 Å². The van der Waals surface area contributed by atoms with Crippen LogP contribution >= 0.6 is 23.2 Å². The molecule has 0 saturated carbocycles. The highest BCUT2D eigenvalue weighted by Gasteiger charge is 2.38. The van der Waals surface area contributed by atoms with E-state index in [-0.39, 0.29) is 27.0 Å². The number of Topliss-reactive ketones (excluding diaryl/α,β-unsaturated/α-hetero) is 1. The van der Waals surface area contributed by atoms with Gasteiger partial charge in [0.2, 0.25) is 5.78 Å². The number of hydrogen-bond donors (Lipinski definition) is 1. The molecule has 0 fully saturated rings. The Balaban J connectivity index is 1.92. The monoisotopic (exact) mass is 461 g/mol. The van der Waals surface area contributed by atoms with Crippen molar-refractivity contribution in [3.63, 3.8) is 0 Å². The average molecular weight is 462 g/mol. The van der Waals surface area contributed by atoms with Crippen molar-refractivity contribution in [2.24, 2.45) is 0 Å². The second kappa shape index (κ2) is 9.43. The first-order valence-corrected chi connectivity index (χ1v) is 11.4. The lowest BCUT2D eigenvalue weighted by atomic mass is 10.1. The second-order valence-corrected chi connectivity index (χ2v) is 9.43. The molecule has 0 aliphatic carbocycles. The summed E-state index contributed by atoms with van der Waals surface area (Å²) in [5.41, 5.74) is 0.980. The predicted octanol–water partition coefficient (Wildman–Crippen LogP) is 4.86. The number of rotatable bonds is 7. The number of halogens is 2. The molecule has 3 aromatic rings. The Morgan fingerprint density at radius 3 is 2.03 bits per heavy atom. The average Bonchev–Trinajstić information content (AvgIpc) is 2.72. The van der Waals surface area contributed by atoms with E-state index >= 15 is 0 Å². The molecule has 0 aliphatic heterocycles. The van der Waals surface area contributed by atoms with Gasteiger partial charge in [0, 0.05) is 5.69 Å². The van der Waals surface area contributed by atoms with Gasteiger partial charge in [0.25, 0.3) is 5.91 Å². The lowest BCUT2D eigenvalue weighted by molar-refractivity contribution is -0.134. The smallest absolute Gasteiger partial charge is 0.293 e. The molecule has 1 atom stereocenters. The SMILES string of the molecule is O=C(Nc1ccc(Cl)c(Cl)c1)C(=O)C(c1ccccc1)S(=O)(=O)Cc1ccccc1. The highest BCUT2D eigenvalue weighted by Crippen LogP contribution is 2.29. The number of sulfone groups is 1. The lowest BCUT2D eigenvalue weighted by Crippen LogP contribution is -2.33. The molecule has 1 unspecified atom stereocenters. The molecule has 5 nitrogen and oxygen atoms in total. The number of amides is 1. The first-order valence-electron chi connectivity index (χ1n) is 8.88. The van der Waals surface area contributed by atoms with Gasteiger partial charge in [0.05, 0.1) is 15.8 Å². The number of ketones is 1. The highest BCUT2D eigenvalue weighted by molar-refractivity contribution is 7.91. The van der Waals surface area contributed by atoms with E-state index in [1.54, 1.807) is 48.5 Å². The zero-order chi connectivity index (χ0) is 21.7. The van der Waals surface area contributed by atoms with E-state index in [9.17, 15) is 18.0 Å². The Bertz CT molecular complexity index is 1170. The van der Waals surface area contributed by atoms with Crippen molar-refractivity contribution < 1.29 is 18.0 Å². The van der Waals surface area contributed by atoms with Gasteiger partial charge in [-0.1, -0.05) is 83.9 Å². The molecule has 8 heteroatoms. The van der Waals surface area contributed by atoms with Crippen LogP contribution in [0.25, 0.3) is 0 Å². The number of nitrogens with one attached hydrogen (secondary N) is 1. The van der Waals surface area contributed by atoms with Gasteiger partial charge in [-0.05, 0) is 29.3 Å². The summed E-state index contributed by atoms with van der Waals surface area (Å²) in [5, 5.41) is 1.24. The van der Waals surface area contributed by atoms with Crippen LogP contribution < -0.4 is 5.32 Å². The summed E-state index contributed by atoms with van der Waals surface area (Å²) in [7, 11) is -4.04. The Kier molecular flexibility index (Phi) is 6.92. The first kappa shape index (κ1) is 22.0. The standard InChI is InChI=1S/C22H17Cl2NO4S/c23-18-12-11-17(13-19(18)24)25-22(27)20(26)21(16-9-5-2-6-10-16)30(28,29)14-15-7-3-1-4-8-15/h1-13,21H,14H2,(H,25,27). The summed E-state index contributed by atoms with van der Waals surface area (Å²) in [6, 6.07) is 20.8. The second-order valence-electron chi connectivity index (χ2n) is 6.53. The van der Waals surface area contributed by atoms with E-state index < -0.39 is 26.8 Å². The molecule has 0 aliphatic rings. The normalized spacial score (nSPS) is 12.2. The van der Waals surface area contributed by atoms with Crippen LogP contribution in [0.2, 0.25) is 10.0 Å². The van der Waals surface area contributed by atoms with E-state index in [1.807, 2.05) is 0 Å². The fourth-order valence-electron chi connectivity index (χ4n) is 2.93. The van der Waals surface area contributed by atoms with Gasteiger partial charge in [-0.25, -0.2) is 8.42 Å². The molecule has 154 valence electrons. The number of hydrogen-bond acceptors (Lipinski definition) is 4. The first-order chi connectivity index (χ1) is 14.3. The summed E-state index contributed by atoms with van der Waals surface area (Å²) in [4.78, 5) is 25.6. The van der Waals surface area contributed by atoms with Gasteiger partial charge >= 0.3 is 0 Å². The van der Waals surface area contributed by atoms with Gasteiger partial charge in [-0.2, -0.15) is 0 Å². The highest BCUT2D eigenvalue weighted by atomic mass is 35.5. The maximum Gasteiger partial charge on any atom is 0.293 e. The number of carbonyl (C=O) groups excluding carboxylic acids is 2. The predicted molar refractivity (Wildman–Crippen MR) is 118 cm³/mol. The molecule has 0 heterocycles. The zero-order valence-corrected chi connectivity index (χ0v) is 17.9. The quantitative estimate of drug-likeness (QED) is 0.509. The van der Waals surface area contributed by atoms with Gasteiger partial charge < -0.3 is 5.32 Å². The third-order valence-corrected chi connectivity index (χ3v) is 6.99. The maximum absolute atomic E-state index is 13.2. The van der Waals surface area contributed by atoms with Crippen LogP contribution in [0.3, 0.4) is 0 Å². The number of anilines is 1. The van der Waals surface area contributed by atoms with Crippen LogP contribution in [0.5, 0.6) is 0 Å². The van der Waals surface area contributed by atoms with Crippen molar-refractivity contribution in [1.82, 2.24) is 0 Å².